The molecular formula is C27H33O12P. The highest BCUT2D eigenvalue weighted by atomic mass is 31.2. The number of ether oxygens (including phenoxy) is 5. The molecule has 218 valence electrons. The number of benzene rings is 2. The summed E-state index contributed by atoms with van der Waals surface area (Å²) in [5.74, 6) is -2.05. The Morgan fingerprint density at radius 3 is 1.70 bits per heavy atom. The van der Waals surface area contributed by atoms with E-state index in [1.807, 2.05) is 12.1 Å². The lowest BCUT2D eigenvalue weighted by Crippen LogP contribution is -2.62. The monoisotopic (exact) mass is 580 g/mol. The first-order valence-corrected chi connectivity index (χ1v) is 13.9. The molecule has 1 heterocycles. The van der Waals surface area contributed by atoms with Crippen LogP contribution in [-0.2, 0) is 69.4 Å². The van der Waals surface area contributed by atoms with Crippen molar-refractivity contribution in [3.8, 4) is 0 Å². The van der Waals surface area contributed by atoms with Crippen molar-refractivity contribution in [2.45, 2.75) is 64.7 Å². The summed E-state index contributed by atoms with van der Waals surface area (Å²) in [6, 6.07) is 17.8. The van der Waals surface area contributed by atoms with Crippen LogP contribution in [0, 0.1) is 0 Å². The van der Waals surface area contributed by atoms with Crippen molar-refractivity contribution in [2.75, 3.05) is 13.7 Å². The lowest BCUT2D eigenvalue weighted by Gasteiger charge is -2.44. The zero-order valence-corrected chi connectivity index (χ0v) is 23.5. The third kappa shape index (κ3) is 9.51. The molecule has 0 spiro atoms. The average molecular weight is 581 g/mol. The second kappa shape index (κ2) is 15.0. The molecule has 0 saturated carbocycles. The number of hydrogen-bond donors (Lipinski definition) is 0. The van der Waals surface area contributed by atoms with E-state index >= 15 is 0 Å². The van der Waals surface area contributed by atoms with Gasteiger partial charge in [0.15, 0.2) is 12.2 Å². The molecule has 1 aliphatic heterocycles. The fraction of sp³-hybridized carbons (Fsp3) is 0.444. The molecule has 0 bridgehead atoms. The standard InChI is InChI=1S/C27H33O12P/c1-18(28)33-17-23-24(36-19(2)29)25(32-4)26(37-20(3)30)27(38-23)39-40(31,34-15-21-11-7-5-8-12-21)35-16-22-13-9-6-10-14-22/h5-14,23-27H,15-17H2,1-4H3/t23-,24-,25+,26-,27-/m1/s1. The van der Waals surface area contributed by atoms with Crippen LogP contribution in [0.5, 0.6) is 0 Å². The van der Waals surface area contributed by atoms with E-state index in [9.17, 15) is 18.9 Å². The lowest BCUT2D eigenvalue weighted by atomic mass is 9.98. The summed E-state index contributed by atoms with van der Waals surface area (Å²) < 4.78 is 58.5. The summed E-state index contributed by atoms with van der Waals surface area (Å²) in [4.78, 5) is 35.4. The maximum Gasteiger partial charge on any atom is 0.477 e. The number of methoxy groups -OCH3 is 1. The third-order valence-corrected chi connectivity index (χ3v) is 6.97. The Kier molecular flexibility index (Phi) is 11.8. The predicted octanol–water partition coefficient (Wildman–Crippen LogP) is 3.71. The lowest BCUT2D eigenvalue weighted by molar-refractivity contribution is -0.293. The van der Waals surface area contributed by atoms with Gasteiger partial charge in [-0.2, -0.15) is 0 Å². The van der Waals surface area contributed by atoms with E-state index in [0.29, 0.717) is 11.1 Å². The molecule has 1 aliphatic rings. The Bertz CT molecular complexity index is 1110. The highest BCUT2D eigenvalue weighted by Crippen LogP contribution is 2.53. The van der Waals surface area contributed by atoms with Crippen molar-refractivity contribution in [1.29, 1.82) is 0 Å². The zero-order valence-electron chi connectivity index (χ0n) is 22.6. The largest absolute Gasteiger partial charge is 0.477 e. The average Bonchev–Trinajstić information content (AvgIpc) is 2.92. The van der Waals surface area contributed by atoms with Gasteiger partial charge in [-0.1, -0.05) is 60.7 Å². The fourth-order valence-electron chi connectivity index (χ4n) is 3.90. The summed E-state index contributed by atoms with van der Waals surface area (Å²) in [5.41, 5.74) is 1.38. The topological polar surface area (TPSA) is 142 Å². The molecule has 2 aromatic rings. The molecule has 2 aromatic carbocycles. The van der Waals surface area contributed by atoms with Gasteiger partial charge in [0.2, 0.25) is 6.29 Å². The number of carbonyl (C=O) groups excluding carboxylic acids is 3. The maximum absolute atomic E-state index is 14.0. The molecule has 13 heteroatoms. The van der Waals surface area contributed by atoms with Gasteiger partial charge < -0.3 is 23.7 Å². The molecule has 0 unspecified atom stereocenters. The fourth-order valence-corrected chi connectivity index (χ4v) is 5.13. The molecule has 5 atom stereocenters. The summed E-state index contributed by atoms with van der Waals surface area (Å²) in [6.07, 6.45) is -6.47. The van der Waals surface area contributed by atoms with Crippen LogP contribution in [-0.4, -0.2) is 62.3 Å². The number of carbonyl (C=O) groups is 3. The molecule has 0 N–H and O–H groups in total. The van der Waals surface area contributed by atoms with Crippen molar-refractivity contribution in [2.24, 2.45) is 0 Å². The SMILES string of the molecule is CO[C@@H]1[C@@H](OC(C)=O)[C@@H](OP(=O)(OCc2ccccc2)OCc2ccccc2)O[C@H](COC(C)=O)[C@H]1OC(C)=O. The number of esters is 3. The Hall–Kier alpha value is -3.12. The van der Waals surface area contributed by atoms with Gasteiger partial charge in [0, 0.05) is 27.9 Å². The summed E-state index contributed by atoms with van der Waals surface area (Å²) in [6.45, 7) is 2.85. The van der Waals surface area contributed by atoms with Crippen LogP contribution >= 0.6 is 7.82 Å². The first-order valence-electron chi connectivity index (χ1n) is 12.4. The van der Waals surface area contributed by atoms with Crippen LogP contribution in [0.2, 0.25) is 0 Å². The van der Waals surface area contributed by atoms with E-state index in [1.165, 1.54) is 21.0 Å². The molecular weight excluding hydrogens is 547 g/mol. The van der Waals surface area contributed by atoms with Crippen LogP contribution in [0.3, 0.4) is 0 Å². The minimum Gasteiger partial charge on any atom is -0.463 e. The Morgan fingerprint density at radius 2 is 1.25 bits per heavy atom. The van der Waals surface area contributed by atoms with Crippen LogP contribution in [0.15, 0.2) is 60.7 Å². The van der Waals surface area contributed by atoms with E-state index in [1.54, 1.807) is 48.5 Å². The highest BCUT2D eigenvalue weighted by Gasteiger charge is 2.53. The van der Waals surface area contributed by atoms with Gasteiger partial charge in [-0.3, -0.25) is 28.0 Å². The van der Waals surface area contributed by atoms with Gasteiger partial charge in [0.1, 0.15) is 18.8 Å². The van der Waals surface area contributed by atoms with Gasteiger partial charge in [0.05, 0.1) is 13.2 Å². The van der Waals surface area contributed by atoms with Gasteiger partial charge in [0.25, 0.3) is 0 Å². The first-order chi connectivity index (χ1) is 19.1. The first kappa shape index (κ1) is 31.4. The second-order valence-electron chi connectivity index (χ2n) is 8.76. The van der Waals surface area contributed by atoms with E-state index in [2.05, 4.69) is 0 Å². The van der Waals surface area contributed by atoms with Crippen LogP contribution in [0.1, 0.15) is 31.9 Å². The molecule has 40 heavy (non-hydrogen) atoms. The van der Waals surface area contributed by atoms with Gasteiger partial charge in [-0.05, 0) is 11.1 Å². The molecule has 1 saturated heterocycles. The highest BCUT2D eigenvalue weighted by molar-refractivity contribution is 7.48. The van der Waals surface area contributed by atoms with Crippen molar-refractivity contribution in [3.05, 3.63) is 71.8 Å². The predicted molar refractivity (Wildman–Crippen MR) is 138 cm³/mol. The van der Waals surface area contributed by atoms with Crippen LogP contribution in [0.25, 0.3) is 0 Å². The van der Waals surface area contributed by atoms with Gasteiger partial charge >= 0.3 is 25.7 Å². The summed E-state index contributed by atoms with van der Waals surface area (Å²) >= 11 is 0. The van der Waals surface area contributed by atoms with Gasteiger partial charge in [-0.15, -0.1) is 0 Å². The van der Waals surface area contributed by atoms with E-state index < -0.39 is 56.4 Å². The molecule has 1 fully saturated rings. The van der Waals surface area contributed by atoms with E-state index in [4.69, 9.17) is 37.3 Å². The normalized spacial score (nSPS) is 22.8. The molecule has 0 radical (unpaired) electrons. The van der Waals surface area contributed by atoms with Crippen molar-refractivity contribution < 1.29 is 56.2 Å². The Labute approximate surface area is 232 Å². The minimum absolute atomic E-state index is 0.140. The molecule has 12 nitrogen and oxygen atoms in total. The number of phosphoric ester groups is 1. The van der Waals surface area contributed by atoms with Crippen LogP contribution in [0.4, 0.5) is 0 Å². The van der Waals surface area contributed by atoms with E-state index in [0.717, 1.165) is 6.92 Å². The number of rotatable bonds is 13. The Balaban J connectivity index is 1.92. The second-order valence-corrected chi connectivity index (χ2v) is 10.4. The van der Waals surface area contributed by atoms with Crippen molar-refractivity contribution >= 4 is 25.7 Å². The molecule has 0 aromatic heterocycles. The van der Waals surface area contributed by atoms with E-state index in [-0.39, 0.29) is 19.8 Å². The quantitative estimate of drug-likeness (QED) is 0.194. The molecule has 0 amide bonds. The zero-order chi connectivity index (χ0) is 29.1. The van der Waals surface area contributed by atoms with Gasteiger partial charge in [-0.25, -0.2) is 4.57 Å². The minimum atomic E-state index is -4.44. The van der Waals surface area contributed by atoms with Crippen LogP contribution < -0.4 is 0 Å². The van der Waals surface area contributed by atoms with Crippen molar-refractivity contribution in [1.82, 2.24) is 0 Å². The smallest absolute Gasteiger partial charge is 0.463 e. The Morgan fingerprint density at radius 1 is 0.750 bits per heavy atom. The van der Waals surface area contributed by atoms with Crippen molar-refractivity contribution in [3.63, 3.8) is 0 Å². The summed E-state index contributed by atoms with van der Waals surface area (Å²) in [5, 5.41) is 0. The summed E-state index contributed by atoms with van der Waals surface area (Å²) in [7, 11) is -3.14. The number of phosphoric acid groups is 1. The molecule has 0 aliphatic carbocycles. The third-order valence-electron chi connectivity index (χ3n) is 5.62. The maximum atomic E-state index is 14.0. The molecule has 3 rings (SSSR count). The number of hydrogen-bond acceptors (Lipinski definition) is 12.